The van der Waals surface area contributed by atoms with Crippen LogP contribution in [0.1, 0.15) is 28.8 Å². The van der Waals surface area contributed by atoms with E-state index in [1.54, 1.807) is 24.3 Å². The van der Waals surface area contributed by atoms with Gasteiger partial charge in [-0.15, -0.1) is 0 Å². The molecule has 2 N–H and O–H groups in total. The van der Waals surface area contributed by atoms with Crippen LogP contribution in [0, 0.1) is 5.92 Å². The molecule has 0 atom stereocenters. The lowest BCUT2D eigenvalue weighted by molar-refractivity contribution is -0.122. The molecule has 5 nitrogen and oxygen atoms in total. The quantitative estimate of drug-likeness (QED) is 0.617. The summed E-state index contributed by atoms with van der Waals surface area (Å²) in [6, 6.07) is 16.3. The molecule has 2 amide bonds. The Morgan fingerprint density at radius 2 is 1.72 bits per heavy atom. The number of nitrogens with one attached hydrogen (secondary N) is 2. The number of rotatable bonds is 6. The van der Waals surface area contributed by atoms with Crippen LogP contribution in [0.15, 0.2) is 59.7 Å². The largest absolute Gasteiger partial charge is 0.346 e. The van der Waals surface area contributed by atoms with Crippen LogP contribution < -0.4 is 10.7 Å². The van der Waals surface area contributed by atoms with E-state index in [0.29, 0.717) is 16.3 Å². The minimum absolute atomic E-state index is 0.0680. The molecule has 0 aromatic heterocycles. The van der Waals surface area contributed by atoms with Crippen molar-refractivity contribution in [3.63, 3.8) is 0 Å². The van der Waals surface area contributed by atoms with Crippen molar-refractivity contribution in [2.24, 2.45) is 11.0 Å². The molecule has 1 fully saturated rings. The van der Waals surface area contributed by atoms with Crippen molar-refractivity contribution >= 4 is 29.1 Å². The minimum atomic E-state index is -0.289. The maximum Gasteiger partial charge on any atom is 0.253 e. The van der Waals surface area contributed by atoms with Gasteiger partial charge in [0.25, 0.3) is 5.91 Å². The van der Waals surface area contributed by atoms with E-state index in [1.165, 1.54) is 0 Å². The monoisotopic (exact) mass is 355 g/mol. The van der Waals surface area contributed by atoms with Crippen molar-refractivity contribution in [3.8, 4) is 0 Å². The van der Waals surface area contributed by atoms with Crippen LogP contribution >= 0.6 is 11.6 Å². The molecule has 1 aliphatic carbocycles. The van der Waals surface area contributed by atoms with Gasteiger partial charge >= 0.3 is 0 Å². The van der Waals surface area contributed by atoms with E-state index in [1.807, 2.05) is 30.3 Å². The van der Waals surface area contributed by atoms with Gasteiger partial charge in [0.05, 0.1) is 22.8 Å². The summed E-state index contributed by atoms with van der Waals surface area (Å²) in [5.74, 6) is -0.299. The zero-order valence-electron chi connectivity index (χ0n) is 13.5. The molecule has 25 heavy (non-hydrogen) atoms. The predicted molar refractivity (Wildman–Crippen MR) is 97.6 cm³/mol. The second-order valence-corrected chi connectivity index (χ2v) is 6.24. The maximum atomic E-state index is 12.3. The molecule has 0 aliphatic heterocycles. The highest BCUT2D eigenvalue weighted by Gasteiger charge is 2.29. The van der Waals surface area contributed by atoms with Gasteiger partial charge in [-0.2, -0.15) is 5.10 Å². The second-order valence-electron chi connectivity index (χ2n) is 5.84. The first-order valence-electron chi connectivity index (χ1n) is 8.09. The minimum Gasteiger partial charge on any atom is -0.346 e. The van der Waals surface area contributed by atoms with Crippen LogP contribution in [0.4, 0.5) is 0 Å². The van der Waals surface area contributed by atoms with Gasteiger partial charge in [-0.25, -0.2) is 5.43 Å². The molecule has 0 saturated heterocycles. The number of carbonyl (C=O) groups excluding carboxylic acids is 2. The van der Waals surface area contributed by atoms with E-state index < -0.39 is 0 Å². The Balaban J connectivity index is 1.71. The summed E-state index contributed by atoms with van der Waals surface area (Å²) in [6.45, 7) is 0.180. The van der Waals surface area contributed by atoms with Gasteiger partial charge in [-0.3, -0.25) is 9.59 Å². The summed E-state index contributed by atoms with van der Waals surface area (Å²) < 4.78 is 0. The molecule has 6 heteroatoms. The summed E-state index contributed by atoms with van der Waals surface area (Å²) in [4.78, 5) is 24.1. The highest BCUT2D eigenvalue weighted by molar-refractivity contribution is 6.33. The lowest BCUT2D eigenvalue weighted by Gasteiger charge is -2.10. The molecule has 0 unspecified atom stereocenters. The Morgan fingerprint density at radius 3 is 2.40 bits per heavy atom. The van der Waals surface area contributed by atoms with Crippen molar-refractivity contribution in [3.05, 3.63) is 70.7 Å². The standard InChI is InChI=1S/C19H18ClN3O2/c20-16-9-5-4-8-15(16)19(25)21-12-17(13-6-2-1-3-7-13)22-23-18(24)14-10-11-14/h1-9,14H,10-12H2,(H,21,25)(H,23,24). The number of hydrogen-bond acceptors (Lipinski definition) is 3. The first-order valence-corrected chi connectivity index (χ1v) is 8.47. The third-order valence-corrected chi connectivity index (χ3v) is 4.22. The van der Waals surface area contributed by atoms with Gasteiger partial charge in [-0.05, 0) is 30.5 Å². The Morgan fingerprint density at radius 1 is 1.04 bits per heavy atom. The Hall–Kier alpha value is -2.66. The number of amides is 2. The fourth-order valence-corrected chi connectivity index (χ4v) is 2.52. The van der Waals surface area contributed by atoms with Crippen LogP contribution in [0.5, 0.6) is 0 Å². The van der Waals surface area contributed by atoms with Crippen LogP contribution in [0.3, 0.4) is 0 Å². The average Bonchev–Trinajstić information content (AvgIpc) is 3.47. The van der Waals surface area contributed by atoms with Crippen molar-refractivity contribution in [1.29, 1.82) is 0 Å². The number of carbonyl (C=O) groups is 2. The first kappa shape index (κ1) is 17.2. The van der Waals surface area contributed by atoms with Crippen molar-refractivity contribution in [1.82, 2.24) is 10.7 Å². The topological polar surface area (TPSA) is 70.6 Å². The molecule has 0 heterocycles. The summed E-state index contributed by atoms with van der Waals surface area (Å²) in [5.41, 5.74) is 4.40. The first-order chi connectivity index (χ1) is 12.1. The molecule has 2 aromatic carbocycles. The van der Waals surface area contributed by atoms with Crippen molar-refractivity contribution < 1.29 is 9.59 Å². The highest BCUT2D eigenvalue weighted by atomic mass is 35.5. The van der Waals surface area contributed by atoms with E-state index in [9.17, 15) is 9.59 Å². The van der Waals surface area contributed by atoms with Crippen molar-refractivity contribution in [2.45, 2.75) is 12.8 Å². The molecule has 1 saturated carbocycles. The van der Waals surface area contributed by atoms with Gasteiger partial charge in [0.1, 0.15) is 0 Å². The van der Waals surface area contributed by atoms with Gasteiger partial charge in [0.15, 0.2) is 0 Å². The van der Waals surface area contributed by atoms with Gasteiger partial charge in [-0.1, -0.05) is 54.1 Å². The Labute approximate surface area is 151 Å². The Bertz CT molecular complexity index is 801. The Kier molecular flexibility index (Phi) is 5.46. The van der Waals surface area contributed by atoms with E-state index in [0.717, 1.165) is 18.4 Å². The maximum absolute atomic E-state index is 12.3. The molecule has 0 spiro atoms. The summed E-state index contributed by atoms with van der Waals surface area (Å²) in [7, 11) is 0. The lowest BCUT2D eigenvalue weighted by Crippen LogP contribution is -2.32. The zero-order valence-corrected chi connectivity index (χ0v) is 14.3. The smallest absolute Gasteiger partial charge is 0.253 e. The summed E-state index contributed by atoms with van der Waals surface area (Å²) in [6.07, 6.45) is 1.82. The number of nitrogens with zero attached hydrogens (tertiary/aromatic N) is 1. The average molecular weight is 356 g/mol. The molecule has 0 radical (unpaired) electrons. The van der Waals surface area contributed by atoms with Crippen LogP contribution in [0.2, 0.25) is 5.02 Å². The zero-order chi connectivity index (χ0) is 17.6. The third-order valence-electron chi connectivity index (χ3n) is 3.89. The molecule has 0 bridgehead atoms. The van der Waals surface area contributed by atoms with Gasteiger partial charge < -0.3 is 5.32 Å². The van der Waals surface area contributed by atoms with E-state index >= 15 is 0 Å². The molecule has 3 rings (SSSR count). The van der Waals surface area contributed by atoms with Gasteiger partial charge in [0, 0.05) is 5.92 Å². The third kappa shape index (κ3) is 4.67. The molecule has 1 aliphatic rings. The molecular weight excluding hydrogens is 338 g/mol. The fourth-order valence-electron chi connectivity index (χ4n) is 2.30. The van der Waals surface area contributed by atoms with Crippen LogP contribution in [-0.4, -0.2) is 24.1 Å². The number of hydrogen-bond donors (Lipinski definition) is 2. The van der Waals surface area contributed by atoms with Crippen LogP contribution in [0.25, 0.3) is 0 Å². The predicted octanol–water partition coefficient (Wildman–Crippen LogP) is 3.00. The molecule has 2 aromatic rings. The summed E-state index contributed by atoms with van der Waals surface area (Å²) >= 11 is 6.05. The molecular formula is C19H18ClN3O2. The lowest BCUT2D eigenvalue weighted by atomic mass is 10.1. The van der Waals surface area contributed by atoms with E-state index in [2.05, 4.69) is 15.8 Å². The number of halogens is 1. The summed E-state index contributed by atoms with van der Waals surface area (Å²) in [5, 5.41) is 7.40. The number of hydrazone groups is 1. The second kappa shape index (κ2) is 7.94. The SMILES string of the molecule is O=C(NCC(=NNC(=O)C1CC1)c1ccccc1)c1ccccc1Cl. The molecule has 128 valence electrons. The van der Waals surface area contributed by atoms with Crippen molar-refractivity contribution in [2.75, 3.05) is 6.54 Å². The number of benzene rings is 2. The van der Waals surface area contributed by atoms with Gasteiger partial charge in [0.2, 0.25) is 5.91 Å². The van der Waals surface area contributed by atoms with E-state index in [4.69, 9.17) is 11.6 Å². The normalized spacial score (nSPS) is 14.0. The highest BCUT2D eigenvalue weighted by Crippen LogP contribution is 2.28. The fraction of sp³-hybridized carbons (Fsp3) is 0.211. The van der Waals surface area contributed by atoms with E-state index in [-0.39, 0.29) is 24.3 Å². The van der Waals surface area contributed by atoms with Crippen LogP contribution in [-0.2, 0) is 4.79 Å².